The van der Waals surface area contributed by atoms with Gasteiger partial charge in [-0.05, 0) is 32.1 Å². The minimum atomic E-state index is 0.379. The minimum absolute atomic E-state index is 0.379. The van der Waals surface area contributed by atoms with Crippen LogP contribution in [0.15, 0.2) is 6.07 Å². The number of anilines is 2. The Morgan fingerprint density at radius 3 is 2.78 bits per heavy atom. The topological polar surface area (TPSA) is 73.1 Å². The fraction of sp³-hybridized carbons (Fsp3) is 0.692. The van der Waals surface area contributed by atoms with Crippen LogP contribution in [-0.2, 0) is 4.74 Å². The first-order valence-corrected chi connectivity index (χ1v) is 6.68. The zero-order valence-electron chi connectivity index (χ0n) is 10.7. The molecule has 0 saturated heterocycles. The van der Waals surface area contributed by atoms with Crippen molar-refractivity contribution in [3.05, 3.63) is 11.9 Å². The Morgan fingerprint density at radius 1 is 1.28 bits per heavy atom. The van der Waals surface area contributed by atoms with Crippen LogP contribution in [0.3, 0.4) is 0 Å². The molecule has 2 aliphatic carbocycles. The molecule has 98 valence electrons. The highest BCUT2D eigenvalue weighted by Crippen LogP contribution is 2.38. The molecule has 0 aliphatic heterocycles. The van der Waals surface area contributed by atoms with E-state index in [2.05, 4.69) is 15.3 Å². The second-order valence-corrected chi connectivity index (χ2v) is 5.32. The van der Waals surface area contributed by atoms with Gasteiger partial charge in [-0.2, -0.15) is 0 Å². The van der Waals surface area contributed by atoms with Gasteiger partial charge >= 0.3 is 0 Å². The van der Waals surface area contributed by atoms with Crippen molar-refractivity contribution < 1.29 is 4.74 Å². The Balaban J connectivity index is 1.68. The van der Waals surface area contributed by atoms with Gasteiger partial charge in [0.25, 0.3) is 0 Å². The summed E-state index contributed by atoms with van der Waals surface area (Å²) in [5.41, 5.74) is 5.84. The highest BCUT2D eigenvalue weighted by molar-refractivity contribution is 5.46. The van der Waals surface area contributed by atoms with Gasteiger partial charge in [-0.15, -0.1) is 0 Å². The lowest BCUT2D eigenvalue weighted by Crippen LogP contribution is -2.18. The van der Waals surface area contributed by atoms with Crippen molar-refractivity contribution >= 4 is 11.6 Å². The molecule has 2 unspecified atom stereocenters. The molecule has 5 heteroatoms. The summed E-state index contributed by atoms with van der Waals surface area (Å²) in [7, 11) is 1.78. The highest BCUT2D eigenvalue weighted by atomic mass is 16.5. The number of nitrogens with zero attached hydrogens (tertiary/aromatic N) is 2. The Kier molecular flexibility index (Phi) is 3.07. The lowest BCUT2D eigenvalue weighted by atomic mass is 10.2. The highest BCUT2D eigenvalue weighted by Gasteiger charge is 2.28. The van der Waals surface area contributed by atoms with Crippen molar-refractivity contribution in [1.82, 2.24) is 9.97 Å². The average Bonchev–Trinajstić information content (AvgIpc) is 3.10. The Bertz CT molecular complexity index is 433. The first-order chi connectivity index (χ1) is 8.74. The smallest absolute Gasteiger partial charge is 0.136 e. The van der Waals surface area contributed by atoms with Crippen LogP contribution < -0.4 is 11.1 Å². The minimum Gasteiger partial charge on any atom is -0.384 e. The average molecular weight is 248 g/mol. The zero-order chi connectivity index (χ0) is 12.5. The third-order valence-corrected chi connectivity index (χ3v) is 3.78. The number of nitrogen functional groups attached to an aromatic ring is 1. The monoisotopic (exact) mass is 248 g/mol. The molecule has 0 radical (unpaired) electrons. The lowest BCUT2D eigenvalue weighted by Gasteiger charge is -2.14. The standard InChI is InChI=1S/C13H20N4O/c1-18-10-5-4-9(6-10)15-12-7-11(14)16-13(17-12)8-2-3-8/h7-10H,2-6H2,1H3,(H3,14,15,16,17). The first kappa shape index (κ1) is 11.7. The van der Waals surface area contributed by atoms with Crippen LogP contribution in [0.2, 0.25) is 0 Å². The maximum Gasteiger partial charge on any atom is 0.136 e. The van der Waals surface area contributed by atoms with Gasteiger partial charge in [0.05, 0.1) is 6.10 Å². The number of hydrogen-bond acceptors (Lipinski definition) is 5. The third kappa shape index (κ3) is 2.56. The molecule has 3 rings (SSSR count). The molecule has 1 aromatic heterocycles. The van der Waals surface area contributed by atoms with Gasteiger partial charge in [-0.25, -0.2) is 9.97 Å². The molecule has 2 saturated carbocycles. The molecule has 18 heavy (non-hydrogen) atoms. The van der Waals surface area contributed by atoms with E-state index in [9.17, 15) is 0 Å². The molecule has 0 amide bonds. The molecule has 2 atom stereocenters. The van der Waals surface area contributed by atoms with Crippen LogP contribution in [0.5, 0.6) is 0 Å². The van der Waals surface area contributed by atoms with Crippen LogP contribution in [0, 0.1) is 0 Å². The van der Waals surface area contributed by atoms with Crippen molar-refractivity contribution in [2.75, 3.05) is 18.2 Å². The fourth-order valence-corrected chi connectivity index (χ4v) is 2.58. The second kappa shape index (κ2) is 4.72. The van der Waals surface area contributed by atoms with Gasteiger partial charge in [-0.1, -0.05) is 0 Å². The van der Waals surface area contributed by atoms with E-state index < -0.39 is 0 Å². The second-order valence-electron chi connectivity index (χ2n) is 5.32. The summed E-state index contributed by atoms with van der Waals surface area (Å²) in [4.78, 5) is 8.87. The zero-order valence-corrected chi connectivity index (χ0v) is 10.7. The Hall–Kier alpha value is -1.36. The quantitative estimate of drug-likeness (QED) is 0.851. The van der Waals surface area contributed by atoms with E-state index in [1.54, 1.807) is 7.11 Å². The van der Waals surface area contributed by atoms with Gasteiger partial charge in [0.2, 0.25) is 0 Å². The molecule has 0 bridgehead atoms. The van der Waals surface area contributed by atoms with Gasteiger partial charge < -0.3 is 15.8 Å². The molecule has 0 spiro atoms. The molecule has 2 fully saturated rings. The van der Waals surface area contributed by atoms with E-state index in [4.69, 9.17) is 10.5 Å². The summed E-state index contributed by atoms with van der Waals surface area (Å²) in [5, 5.41) is 3.46. The van der Waals surface area contributed by atoms with Crippen LogP contribution in [-0.4, -0.2) is 29.2 Å². The molecular formula is C13H20N4O. The van der Waals surface area contributed by atoms with E-state index in [0.717, 1.165) is 30.9 Å². The van der Waals surface area contributed by atoms with Crippen LogP contribution in [0.4, 0.5) is 11.6 Å². The summed E-state index contributed by atoms with van der Waals surface area (Å²) in [6.45, 7) is 0. The SMILES string of the molecule is COC1CCC(Nc2cc(N)nc(C3CC3)n2)C1. The fourth-order valence-electron chi connectivity index (χ4n) is 2.58. The molecule has 1 heterocycles. The van der Waals surface area contributed by atoms with Gasteiger partial charge in [-0.3, -0.25) is 0 Å². The predicted molar refractivity (Wildman–Crippen MR) is 70.5 cm³/mol. The van der Waals surface area contributed by atoms with E-state index >= 15 is 0 Å². The predicted octanol–water partition coefficient (Wildman–Crippen LogP) is 1.92. The van der Waals surface area contributed by atoms with Crippen molar-refractivity contribution in [1.29, 1.82) is 0 Å². The van der Waals surface area contributed by atoms with Gasteiger partial charge in [0, 0.05) is 25.1 Å². The van der Waals surface area contributed by atoms with Crippen molar-refractivity contribution in [2.45, 2.75) is 50.2 Å². The van der Waals surface area contributed by atoms with Crippen molar-refractivity contribution in [3.63, 3.8) is 0 Å². The summed E-state index contributed by atoms with van der Waals surface area (Å²) < 4.78 is 5.38. The molecule has 2 aliphatic rings. The van der Waals surface area contributed by atoms with Gasteiger partial charge in [0.15, 0.2) is 0 Å². The van der Waals surface area contributed by atoms with E-state index in [1.807, 2.05) is 6.07 Å². The maximum absolute atomic E-state index is 5.84. The third-order valence-electron chi connectivity index (χ3n) is 3.78. The van der Waals surface area contributed by atoms with E-state index in [1.165, 1.54) is 12.8 Å². The molecule has 0 aromatic carbocycles. The summed E-state index contributed by atoms with van der Waals surface area (Å²) in [6.07, 6.45) is 6.05. The van der Waals surface area contributed by atoms with E-state index in [-0.39, 0.29) is 0 Å². The van der Waals surface area contributed by atoms with E-state index in [0.29, 0.717) is 23.9 Å². The number of ether oxygens (including phenoxy) is 1. The number of methoxy groups -OCH3 is 1. The van der Waals surface area contributed by atoms with Crippen molar-refractivity contribution in [3.8, 4) is 0 Å². The summed E-state index contributed by atoms with van der Waals surface area (Å²) in [5.74, 6) is 2.87. The molecule has 5 nitrogen and oxygen atoms in total. The first-order valence-electron chi connectivity index (χ1n) is 6.68. The number of rotatable bonds is 4. The number of hydrogen-bond donors (Lipinski definition) is 2. The van der Waals surface area contributed by atoms with Gasteiger partial charge in [0.1, 0.15) is 17.5 Å². The Morgan fingerprint density at radius 2 is 2.11 bits per heavy atom. The summed E-state index contributed by atoms with van der Waals surface area (Å²) in [6, 6.07) is 2.27. The number of aromatic nitrogens is 2. The number of nitrogens with one attached hydrogen (secondary N) is 1. The molecular weight excluding hydrogens is 228 g/mol. The normalized spacial score (nSPS) is 27.4. The summed E-state index contributed by atoms with van der Waals surface area (Å²) >= 11 is 0. The maximum atomic E-state index is 5.84. The van der Waals surface area contributed by atoms with Crippen LogP contribution >= 0.6 is 0 Å². The van der Waals surface area contributed by atoms with Crippen molar-refractivity contribution in [2.24, 2.45) is 0 Å². The molecule has 1 aromatic rings. The van der Waals surface area contributed by atoms with Crippen LogP contribution in [0.1, 0.15) is 43.8 Å². The lowest BCUT2D eigenvalue weighted by molar-refractivity contribution is 0.108. The number of nitrogens with two attached hydrogens (primary N) is 1. The largest absolute Gasteiger partial charge is 0.384 e. The molecule has 3 N–H and O–H groups in total. The Labute approximate surface area is 107 Å². The van der Waals surface area contributed by atoms with Crippen LogP contribution in [0.25, 0.3) is 0 Å².